The first-order valence-corrected chi connectivity index (χ1v) is 9.91. The van der Waals surface area contributed by atoms with Gasteiger partial charge in [-0.25, -0.2) is 4.79 Å². The van der Waals surface area contributed by atoms with E-state index in [0.29, 0.717) is 5.69 Å². The molecule has 0 unspecified atom stereocenters. The Morgan fingerprint density at radius 2 is 1.33 bits per heavy atom. The van der Waals surface area contributed by atoms with Crippen LogP contribution in [0.2, 0.25) is 0 Å². The van der Waals surface area contributed by atoms with Gasteiger partial charge in [-0.05, 0) is 50.2 Å². The average Bonchev–Trinajstić information content (AvgIpc) is 2.75. The van der Waals surface area contributed by atoms with E-state index >= 15 is 0 Å². The number of Topliss-reactive ketones (excluding diaryl/α,β-unsaturated/α-hetero) is 1. The molecule has 0 bridgehead atoms. The van der Waals surface area contributed by atoms with Crippen molar-refractivity contribution >= 4 is 33.8 Å². The molecule has 3 aromatic carbocycles. The number of fused-ring (bicyclic) bond motifs is 1. The predicted molar refractivity (Wildman–Crippen MR) is 119 cm³/mol. The second-order valence-corrected chi connectivity index (χ2v) is 7.63. The molecular formula is C25H18F3NO4. The Morgan fingerprint density at radius 1 is 0.848 bits per heavy atom. The fraction of sp³-hybridized carbons (Fsp3) is 0.120. The van der Waals surface area contributed by atoms with E-state index < -0.39 is 28.9 Å². The van der Waals surface area contributed by atoms with Gasteiger partial charge in [0.2, 0.25) is 0 Å². The van der Waals surface area contributed by atoms with Crippen molar-refractivity contribution in [2.24, 2.45) is 0 Å². The number of hydrogen-bond acceptors (Lipinski definition) is 5. The summed E-state index contributed by atoms with van der Waals surface area (Å²) in [4.78, 5) is 25.6. The number of carbonyl (C=O) groups excluding carboxylic acids is 1. The summed E-state index contributed by atoms with van der Waals surface area (Å²) in [6.07, 6.45) is -5.33. The maximum Gasteiger partial charge on any atom is 0.455 e. The summed E-state index contributed by atoms with van der Waals surface area (Å²) in [5, 5.41) is 10.1. The van der Waals surface area contributed by atoms with Crippen molar-refractivity contribution in [2.75, 3.05) is 4.90 Å². The third kappa shape index (κ3) is 4.19. The van der Waals surface area contributed by atoms with E-state index in [1.165, 1.54) is 12.1 Å². The molecule has 1 heterocycles. The molecule has 33 heavy (non-hydrogen) atoms. The van der Waals surface area contributed by atoms with Crippen LogP contribution in [0.5, 0.6) is 5.75 Å². The molecule has 0 aliphatic carbocycles. The highest BCUT2D eigenvalue weighted by atomic mass is 19.4. The van der Waals surface area contributed by atoms with Gasteiger partial charge in [-0.2, -0.15) is 13.2 Å². The van der Waals surface area contributed by atoms with Gasteiger partial charge in [0.25, 0.3) is 5.78 Å². The van der Waals surface area contributed by atoms with Gasteiger partial charge in [-0.1, -0.05) is 35.4 Å². The first-order valence-electron chi connectivity index (χ1n) is 9.91. The number of benzene rings is 3. The van der Waals surface area contributed by atoms with Crippen LogP contribution in [0, 0.1) is 13.8 Å². The standard InChI is InChI=1S/C25H18F3NO4/c1-14-3-7-16(8-4-14)29(17-9-5-15(2)6-10-17)18-11-12-19-20(13-18)33-24(32)21(22(19)30)23(31)25(26,27)28/h3-13,30H,1-2H3. The third-order valence-electron chi connectivity index (χ3n) is 5.19. The lowest BCUT2D eigenvalue weighted by Gasteiger charge is -2.26. The van der Waals surface area contributed by atoms with Crippen LogP contribution < -0.4 is 10.5 Å². The Labute approximate surface area is 186 Å². The Kier molecular flexibility index (Phi) is 5.45. The van der Waals surface area contributed by atoms with Crippen LogP contribution in [0.15, 0.2) is 75.9 Å². The summed E-state index contributed by atoms with van der Waals surface area (Å²) >= 11 is 0. The SMILES string of the molecule is Cc1ccc(N(c2ccc(C)cc2)c2ccc3c(O)c(C(=O)C(F)(F)F)c(=O)oc3c2)cc1. The van der Waals surface area contributed by atoms with Crippen LogP contribution in [0.4, 0.5) is 30.2 Å². The number of halogens is 3. The van der Waals surface area contributed by atoms with E-state index in [0.717, 1.165) is 22.5 Å². The summed E-state index contributed by atoms with van der Waals surface area (Å²) < 4.78 is 43.6. The molecule has 0 saturated heterocycles. The Balaban J connectivity index is 1.90. The lowest BCUT2D eigenvalue weighted by Crippen LogP contribution is -2.28. The zero-order valence-corrected chi connectivity index (χ0v) is 17.6. The van der Waals surface area contributed by atoms with Crippen molar-refractivity contribution in [2.45, 2.75) is 20.0 Å². The number of anilines is 3. The first kappa shape index (κ1) is 22.1. The maximum atomic E-state index is 12.8. The number of carbonyl (C=O) groups is 1. The molecule has 5 nitrogen and oxygen atoms in total. The molecule has 168 valence electrons. The second kappa shape index (κ2) is 8.12. The van der Waals surface area contributed by atoms with E-state index in [2.05, 4.69) is 0 Å². The number of aryl methyl sites for hydroxylation is 2. The summed E-state index contributed by atoms with van der Waals surface area (Å²) in [7, 11) is 0. The lowest BCUT2D eigenvalue weighted by atomic mass is 10.1. The number of ketones is 1. The largest absolute Gasteiger partial charge is 0.506 e. The van der Waals surface area contributed by atoms with Gasteiger partial charge in [0.1, 0.15) is 11.3 Å². The van der Waals surface area contributed by atoms with E-state index in [4.69, 9.17) is 4.42 Å². The summed E-state index contributed by atoms with van der Waals surface area (Å²) in [6.45, 7) is 3.90. The average molecular weight is 453 g/mol. The van der Waals surface area contributed by atoms with Gasteiger partial charge in [0, 0.05) is 23.1 Å². The minimum Gasteiger partial charge on any atom is -0.506 e. The highest BCUT2D eigenvalue weighted by molar-refractivity contribution is 6.06. The summed E-state index contributed by atoms with van der Waals surface area (Å²) in [5.41, 5.74) is 1.08. The number of hydrogen-bond donors (Lipinski definition) is 1. The van der Waals surface area contributed by atoms with Crippen molar-refractivity contribution in [1.29, 1.82) is 0 Å². The number of aromatic hydroxyl groups is 1. The van der Waals surface area contributed by atoms with Gasteiger partial charge >= 0.3 is 11.8 Å². The second-order valence-electron chi connectivity index (χ2n) is 7.63. The molecule has 0 saturated carbocycles. The molecule has 0 spiro atoms. The lowest BCUT2D eigenvalue weighted by molar-refractivity contribution is -0.0888. The molecule has 0 atom stereocenters. The fourth-order valence-corrected chi connectivity index (χ4v) is 3.49. The summed E-state index contributed by atoms with van der Waals surface area (Å²) in [6, 6.07) is 19.6. The van der Waals surface area contributed by atoms with Gasteiger partial charge in [0.05, 0.1) is 5.39 Å². The van der Waals surface area contributed by atoms with Crippen molar-refractivity contribution in [1.82, 2.24) is 0 Å². The minimum atomic E-state index is -5.33. The summed E-state index contributed by atoms with van der Waals surface area (Å²) in [5.74, 6) is -3.52. The monoisotopic (exact) mass is 453 g/mol. The number of rotatable bonds is 4. The molecule has 4 rings (SSSR count). The van der Waals surface area contributed by atoms with Gasteiger partial charge in [-0.15, -0.1) is 0 Å². The molecule has 0 fully saturated rings. The smallest absolute Gasteiger partial charge is 0.455 e. The Hall–Kier alpha value is -4.07. The molecule has 0 aliphatic rings. The Bertz CT molecular complexity index is 1360. The van der Waals surface area contributed by atoms with Crippen LogP contribution >= 0.6 is 0 Å². The molecule has 8 heteroatoms. The number of alkyl halides is 3. The molecule has 0 amide bonds. The number of nitrogens with zero attached hydrogens (tertiary/aromatic N) is 1. The third-order valence-corrected chi connectivity index (χ3v) is 5.19. The van der Waals surface area contributed by atoms with Crippen molar-refractivity contribution < 1.29 is 27.5 Å². The first-order chi connectivity index (χ1) is 15.6. The van der Waals surface area contributed by atoms with Crippen molar-refractivity contribution in [3.8, 4) is 5.75 Å². The molecule has 0 radical (unpaired) electrons. The van der Waals surface area contributed by atoms with Crippen LogP contribution in [0.25, 0.3) is 11.0 Å². The van der Waals surface area contributed by atoms with Gasteiger partial charge in [0.15, 0.2) is 5.56 Å². The molecule has 0 aliphatic heterocycles. The molecule has 1 aromatic heterocycles. The van der Waals surface area contributed by atoms with Crippen molar-refractivity contribution in [3.63, 3.8) is 0 Å². The van der Waals surface area contributed by atoms with Crippen LogP contribution in [-0.2, 0) is 0 Å². The van der Waals surface area contributed by atoms with Crippen LogP contribution in [0.1, 0.15) is 21.5 Å². The molecular weight excluding hydrogens is 435 g/mol. The van der Waals surface area contributed by atoms with Crippen LogP contribution in [-0.4, -0.2) is 17.1 Å². The van der Waals surface area contributed by atoms with Crippen molar-refractivity contribution in [3.05, 3.63) is 93.8 Å². The molecule has 1 N–H and O–H groups in total. The zero-order valence-electron chi connectivity index (χ0n) is 17.6. The normalized spacial score (nSPS) is 11.5. The van der Waals surface area contributed by atoms with E-state index in [9.17, 15) is 27.9 Å². The zero-order chi connectivity index (χ0) is 23.9. The van der Waals surface area contributed by atoms with Gasteiger partial charge in [-0.3, -0.25) is 4.79 Å². The van der Waals surface area contributed by atoms with E-state index in [-0.39, 0.29) is 11.0 Å². The quantitative estimate of drug-likeness (QED) is 0.289. The van der Waals surface area contributed by atoms with E-state index in [1.54, 1.807) is 6.07 Å². The van der Waals surface area contributed by atoms with E-state index in [1.807, 2.05) is 67.3 Å². The highest BCUT2D eigenvalue weighted by Crippen LogP contribution is 2.38. The van der Waals surface area contributed by atoms with Crippen LogP contribution in [0.3, 0.4) is 0 Å². The predicted octanol–water partition coefficient (Wildman–Crippen LogP) is 6.33. The Morgan fingerprint density at radius 3 is 1.82 bits per heavy atom. The maximum absolute atomic E-state index is 12.8. The molecule has 4 aromatic rings. The minimum absolute atomic E-state index is 0.155. The van der Waals surface area contributed by atoms with Gasteiger partial charge < -0.3 is 14.4 Å². The fourth-order valence-electron chi connectivity index (χ4n) is 3.49. The topological polar surface area (TPSA) is 70.8 Å². The highest BCUT2D eigenvalue weighted by Gasteiger charge is 2.43.